The number of hydrogen-bond acceptors (Lipinski definition) is 4. The van der Waals surface area contributed by atoms with Crippen molar-refractivity contribution in [2.45, 2.75) is 6.10 Å². The molecule has 1 rings (SSSR count). The standard InChI is InChI=1S/C9H13ClN2O2/c10-8-3-6(1-2-9(8)11)12-4-7(14)5-13/h1-3,7,12-14H,4-5,11H2. The fourth-order valence-corrected chi connectivity index (χ4v) is 1.12. The molecule has 0 bridgehead atoms. The molecule has 4 nitrogen and oxygen atoms in total. The average Bonchev–Trinajstić information content (AvgIpc) is 2.19. The Balaban J connectivity index is 2.55. The molecule has 78 valence electrons. The SMILES string of the molecule is Nc1ccc(NCC(O)CO)cc1Cl. The largest absolute Gasteiger partial charge is 0.398 e. The van der Waals surface area contributed by atoms with Crippen LogP contribution in [-0.4, -0.2) is 29.5 Å². The summed E-state index contributed by atoms with van der Waals surface area (Å²) in [5, 5.41) is 21.0. The summed E-state index contributed by atoms with van der Waals surface area (Å²) in [4.78, 5) is 0. The van der Waals surface area contributed by atoms with E-state index < -0.39 is 6.10 Å². The summed E-state index contributed by atoms with van der Waals surface area (Å²) in [5.41, 5.74) is 6.80. The highest BCUT2D eigenvalue weighted by atomic mass is 35.5. The van der Waals surface area contributed by atoms with Crippen molar-refractivity contribution in [3.8, 4) is 0 Å². The van der Waals surface area contributed by atoms with Crippen LogP contribution in [0.5, 0.6) is 0 Å². The molecule has 0 aromatic heterocycles. The highest BCUT2D eigenvalue weighted by Crippen LogP contribution is 2.22. The zero-order valence-electron chi connectivity index (χ0n) is 7.57. The van der Waals surface area contributed by atoms with Crippen molar-refractivity contribution in [2.24, 2.45) is 0 Å². The van der Waals surface area contributed by atoms with E-state index in [-0.39, 0.29) is 13.2 Å². The molecule has 0 aliphatic rings. The Hall–Kier alpha value is -0.970. The number of rotatable bonds is 4. The van der Waals surface area contributed by atoms with Gasteiger partial charge in [0.1, 0.15) is 0 Å². The van der Waals surface area contributed by atoms with E-state index in [1.807, 2.05) is 0 Å². The van der Waals surface area contributed by atoms with E-state index in [4.69, 9.17) is 27.5 Å². The first-order valence-electron chi connectivity index (χ1n) is 4.21. The summed E-state index contributed by atoms with van der Waals surface area (Å²) in [6.07, 6.45) is -0.772. The first-order valence-corrected chi connectivity index (χ1v) is 4.59. The summed E-state index contributed by atoms with van der Waals surface area (Å²) in [6, 6.07) is 5.10. The van der Waals surface area contributed by atoms with Gasteiger partial charge in [-0.1, -0.05) is 11.6 Å². The Morgan fingerprint density at radius 3 is 2.79 bits per heavy atom. The third-order valence-electron chi connectivity index (χ3n) is 1.75. The minimum absolute atomic E-state index is 0.268. The number of aliphatic hydroxyl groups is 2. The molecule has 1 unspecified atom stereocenters. The number of nitrogens with one attached hydrogen (secondary N) is 1. The Morgan fingerprint density at radius 1 is 1.50 bits per heavy atom. The van der Waals surface area contributed by atoms with Crippen molar-refractivity contribution in [3.05, 3.63) is 23.2 Å². The minimum Gasteiger partial charge on any atom is -0.398 e. The molecule has 0 heterocycles. The zero-order valence-corrected chi connectivity index (χ0v) is 8.33. The molecular weight excluding hydrogens is 204 g/mol. The second-order valence-corrected chi connectivity index (χ2v) is 3.36. The Morgan fingerprint density at radius 2 is 2.21 bits per heavy atom. The molecule has 0 amide bonds. The maximum Gasteiger partial charge on any atom is 0.0942 e. The van der Waals surface area contributed by atoms with Gasteiger partial charge in [0.2, 0.25) is 0 Å². The van der Waals surface area contributed by atoms with Gasteiger partial charge in [0.25, 0.3) is 0 Å². The second kappa shape index (κ2) is 5.05. The van der Waals surface area contributed by atoms with Crippen molar-refractivity contribution < 1.29 is 10.2 Å². The van der Waals surface area contributed by atoms with E-state index in [9.17, 15) is 0 Å². The number of benzene rings is 1. The molecular formula is C9H13ClN2O2. The molecule has 5 heteroatoms. The number of anilines is 2. The van der Waals surface area contributed by atoms with Crippen LogP contribution < -0.4 is 11.1 Å². The monoisotopic (exact) mass is 216 g/mol. The fourth-order valence-electron chi connectivity index (χ4n) is 0.937. The number of hydrogen-bond donors (Lipinski definition) is 4. The molecule has 1 atom stereocenters. The van der Waals surface area contributed by atoms with Gasteiger partial charge >= 0.3 is 0 Å². The summed E-state index contributed by atoms with van der Waals surface area (Å²) >= 11 is 5.79. The van der Waals surface area contributed by atoms with Gasteiger partial charge in [-0.2, -0.15) is 0 Å². The van der Waals surface area contributed by atoms with Crippen LogP contribution in [0.4, 0.5) is 11.4 Å². The van der Waals surface area contributed by atoms with Crippen LogP contribution in [-0.2, 0) is 0 Å². The quantitative estimate of drug-likeness (QED) is 0.559. The molecule has 1 aromatic rings. The molecule has 14 heavy (non-hydrogen) atoms. The summed E-state index contributed by atoms with van der Waals surface area (Å²) in [5.74, 6) is 0. The van der Waals surface area contributed by atoms with Gasteiger partial charge in [0, 0.05) is 12.2 Å². The molecule has 0 aliphatic heterocycles. The van der Waals surface area contributed by atoms with Crippen LogP contribution in [0.1, 0.15) is 0 Å². The number of nitrogens with two attached hydrogens (primary N) is 1. The van der Waals surface area contributed by atoms with Gasteiger partial charge in [-0.25, -0.2) is 0 Å². The first-order chi connectivity index (χ1) is 6.63. The second-order valence-electron chi connectivity index (χ2n) is 2.95. The molecule has 0 fully saturated rings. The van der Waals surface area contributed by atoms with E-state index in [0.717, 1.165) is 5.69 Å². The molecule has 0 saturated heterocycles. The Kier molecular flexibility index (Phi) is 4.00. The van der Waals surface area contributed by atoms with Crippen molar-refractivity contribution in [3.63, 3.8) is 0 Å². The molecule has 0 saturated carbocycles. The van der Waals surface area contributed by atoms with Gasteiger partial charge in [-0.15, -0.1) is 0 Å². The van der Waals surface area contributed by atoms with E-state index in [1.165, 1.54) is 0 Å². The van der Waals surface area contributed by atoms with Gasteiger partial charge in [-0.3, -0.25) is 0 Å². The lowest BCUT2D eigenvalue weighted by molar-refractivity contribution is 0.105. The Labute approximate surface area is 87.3 Å². The predicted octanol–water partition coefficient (Wildman–Crippen LogP) is 0.687. The van der Waals surface area contributed by atoms with Crippen LogP contribution in [0.2, 0.25) is 5.02 Å². The van der Waals surface area contributed by atoms with E-state index in [0.29, 0.717) is 10.7 Å². The topological polar surface area (TPSA) is 78.5 Å². The molecule has 0 aliphatic carbocycles. The van der Waals surface area contributed by atoms with Gasteiger partial charge in [0.15, 0.2) is 0 Å². The maximum absolute atomic E-state index is 9.07. The number of nitrogen functional groups attached to an aromatic ring is 1. The molecule has 1 aromatic carbocycles. The lowest BCUT2D eigenvalue weighted by Gasteiger charge is -2.10. The van der Waals surface area contributed by atoms with E-state index in [2.05, 4.69) is 5.32 Å². The van der Waals surface area contributed by atoms with Crippen molar-refractivity contribution in [1.29, 1.82) is 0 Å². The van der Waals surface area contributed by atoms with Gasteiger partial charge < -0.3 is 21.3 Å². The maximum atomic E-state index is 9.07. The average molecular weight is 217 g/mol. The number of halogens is 1. The molecule has 0 spiro atoms. The van der Waals surface area contributed by atoms with Crippen molar-refractivity contribution in [2.75, 3.05) is 24.2 Å². The van der Waals surface area contributed by atoms with E-state index >= 15 is 0 Å². The summed E-state index contributed by atoms with van der Waals surface area (Å²) in [6.45, 7) is 0.00640. The van der Waals surface area contributed by atoms with Gasteiger partial charge in [0.05, 0.1) is 23.4 Å². The molecule has 5 N–H and O–H groups in total. The van der Waals surface area contributed by atoms with Gasteiger partial charge in [-0.05, 0) is 18.2 Å². The highest BCUT2D eigenvalue weighted by Gasteiger charge is 2.02. The van der Waals surface area contributed by atoms with Crippen molar-refractivity contribution >= 4 is 23.0 Å². The van der Waals surface area contributed by atoms with Crippen LogP contribution >= 0.6 is 11.6 Å². The minimum atomic E-state index is -0.772. The smallest absolute Gasteiger partial charge is 0.0942 e. The zero-order chi connectivity index (χ0) is 10.6. The van der Waals surface area contributed by atoms with Crippen LogP contribution in [0, 0.1) is 0 Å². The predicted molar refractivity (Wildman–Crippen MR) is 57.4 cm³/mol. The lowest BCUT2D eigenvalue weighted by atomic mass is 10.2. The fraction of sp³-hybridized carbons (Fsp3) is 0.333. The normalized spacial score (nSPS) is 12.5. The summed E-state index contributed by atoms with van der Waals surface area (Å²) < 4.78 is 0. The summed E-state index contributed by atoms with van der Waals surface area (Å²) in [7, 11) is 0. The third-order valence-corrected chi connectivity index (χ3v) is 2.08. The van der Waals surface area contributed by atoms with E-state index in [1.54, 1.807) is 18.2 Å². The number of aliphatic hydroxyl groups excluding tert-OH is 2. The Bertz CT molecular complexity index is 307. The van der Waals surface area contributed by atoms with Crippen LogP contribution in [0.15, 0.2) is 18.2 Å². The van der Waals surface area contributed by atoms with Crippen molar-refractivity contribution in [1.82, 2.24) is 0 Å². The van der Waals surface area contributed by atoms with Crippen LogP contribution in [0.3, 0.4) is 0 Å². The van der Waals surface area contributed by atoms with Crippen LogP contribution in [0.25, 0.3) is 0 Å². The molecule has 0 radical (unpaired) electrons. The highest BCUT2D eigenvalue weighted by molar-refractivity contribution is 6.33. The first kappa shape index (κ1) is 11.1. The third kappa shape index (κ3) is 3.06. The lowest BCUT2D eigenvalue weighted by Crippen LogP contribution is -2.22.